The van der Waals surface area contributed by atoms with Gasteiger partial charge in [0, 0.05) is 0 Å². The van der Waals surface area contributed by atoms with Crippen molar-refractivity contribution in [2.75, 3.05) is 0 Å². The highest BCUT2D eigenvalue weighted by Gasteiger charge is 2.20. The lowest BCUT2D eigenvalue weighted by molar-refractivity contribution is 0.0449. The van der Waals surface area contributed by atoms with Crippen molar-refractivity contribution in [2.45, 2.75) is 13.8 Å². The number of rotatable bonds is 3. The molecule has 0 aliphatic carbocycles. The molecular formula is C23H17FN2O3. The fourth-order valence-electron chi connectivity index (χ4n) is 3.02. The molecule has 4 aromatic rings. The van der Waals surface area contributed by atoms with Gasteiger partial charge in [-0.25, -0.2) is 14.2 Å². The van der Waals surface area contributed by atoms with Crippen molar-refractivity contribution < 1.29 is 14.0 Å². The van der Waals surface area contributed by atoms with Crippen molar-refractivity contribution >= 4 is 16.9 Å². The largest absolute Gasteiger partial charge is 0.363 e. The van der Waals surface area contributed by atoms with Gasteiger partial charge >= 0.3 is 5.97 Å². The zero-order chi connectivity index (χ0) is 20.5. The Morgan fingerprint density at radius 1 is 0.966 bits per heavy atom. The number of hydrogen-bond acceptors (Lipinski definition) is 4. The number of carbonyl (C=O) groups excluding carboxylic acids is 1. The topological polar surface area (TPSA) is 61.2 Å². The molecule has 0 atom stereocenters. The van der Waals surface area contributed by atoms with Gasteiger partial charge in [0.25, 0.3) is 5.56 Å². The molecule has 0 amide bonds. The molecule has 0 unspecified atom stereocenters. The Hall–Kier alpha value is -3.80. The van der Waals surface area contributed by atoms with E-state index in [1.54, 1.807) is 48.5 Å². The van der Waals surface area contributed by atoms with E-state index in [1.165, 1.54) is 18.2 Å². The summed E-state index contributed by atoms with van der Waals surface area (Å²) in [4.78, 5) is 35.6. The first-order valence-corrected chi connectivity index (χ1v) is 9.02. The van der Waals surface area contributed by atoms with Crippen LogP contribution in [0.1, 0.15) is 21.5 Å². The van der Waals surface area contributed by atoms with Crippen molar-refractivity contribution in [3.8, 4) is 11.4 Å². The van der Waals surface area contributed by atoms with Crippen LogP contribution in [0.2, 0.25) is 0 Å². The number of carbonyl (C=O) groups is 1. The fourth-order valence-corrected chi connectivity index (χ4v) is 3.02. The fraction of sp³-hybridized carbons (Fsp3) is 0.0870. The van der Waals surface area contributed by atoms with E-state index in [9.17, 15) is 14.0 Å². The van der Waals surface area contributed by atoms with Crippen LogP contribution in [0.15, 0.2) is 71.5 Å². The van der Waals surface area contributed by atoms with Gasteiger partial charge in [0.05, 0.1) is 22.0 Å². The maximum absolute atomic E-state index is 14.4. The first-order valence-electron chi connectivity index (χ1n) is 9.02. The molecule has 0 saturated carbocycles. The molecule has 0 aliphatic rings. The highest BCUT2D eigenvalue weighted by Crippen LogP contribution is 2.21. The monoisotopic (exact) mass is 388 g/mol. The van der Waals surface area contributed by atoms with Crippen LogP contribution in [0.5, 0.6) is 0 Å². The molecule has 0 radical (unpaired) electrons. The van der Waals surface area contributed by atoms with Crippen LogP contribution in [0.25, 0.3) is 22.3 Å². The smallest absolute Gasteiger partial charge is 0.326 e. The summed E-state index contributed by atoms with van der Waals surface area (Å²) in [5.74, 6) is -1.39. The molecule has 3 aromatic carbocycles. The van der Waals surface area contributed by atoms with E-state index in [1.807, 2.05) is 13.8 Å². The molecule has 0 saturated heterocycles. The Morgan fingerprint density at radius 3 is 2.45 bits per heavy atom. The Bertz CT molecular complexity index is 1310. The van der Waals surface area contributed by atoms with Crippen molar-refractivity contribution in [3.63, 3.8) is 0 Å². The molecule has 1 aromatic heterocycles. The van der Waals surface area contributed by atoms with Gasteiger partial charge in [-0.1, -0.05) is 30.3 Å². The summed E-state index contributed by atoms with van der Waals surface area (Å²) < 4.78 is 15.2. The summed E-state index contributed by atoms with van der Waals surface area (Å²) in [6.45, 7) is 3.80. The Morgan fingerprint density at radius 2 is 1.69 bits per heavy atom. The van der Waals surface area contributed by atoms with E-state index < -0.39 is 17.3 Å². The minimum Gasteiger partial charge on any atom is -0.326 e. The number of nitrogens with zero attached hydrogens (tertiary/aromatic N) is 2. The molecule has 0 spiro atoms. The van der Waals surface area contributed by atoms with Crippen LogP contribution in [0, 0.1) is 19.7 Å². The van der Waals surface area contributed by atoms with Gasteiger partial charge in [0.2, 0.25) is 0 Å². The molecule has 4 rings (SSSR count). The van der Waals surface area contributed by atoms with Crippen molar-refractivity contribution in [3.05, 3.63) is 99.6 Å². The number of aryl methyl sites for hydroxylation is 2. The summed E-state index contributed by atoms with van der Waals surface area (Å²) in [5.41, 5.74) is 2.08. The van der Waals surface area contributed by atoms with Gasteiger partial charge in [-0.05, 0) is 61.4 Å². The van der Waals surface area contributed by atoms with Crippen LogP contribution in [-0.4, -0.2) is 15.7 Å². The summed E-state index contributed by atoms with van der Waals surface area (Å²) in [7, 11) is 0. The quantitative estimate of drug-likeness (QED) is 0.530. The number of benzene rings is 3. The molecule has 1 heterocycles. The Labute approximate surface area is 166 Å². The molecule has 5 nitrogen and oxygen atoms in total. The summed E-state index contributed by atoms with van der Waals surface area (Å²) in [6.07, 6.45) is 0. The minimum absolute atomic E-state index is 0.0586. The lowest BCUT2D eigenvalue weighted by atomic mass is 10.1. The second kappa shape index (κ2) is 7.31. The number of para-hydroxylation sites is 1. The molecule has 0 bridgehead atoms. The van der Waals surface area contributed by atoms with E-state index in [0.717, 1.165) is 15.9 Å². The summed E-state index contributed by atoms with van der Waals surface area (Å²) in [5, 5.41) is 0.264. The number of hydrogen-bond donors (Lipinski definition) is 0. The SMILES string of the molecule is Cc1ccc(C(=O)On2c(-c3ccccc3F)nc3ccccc3c2=O)cc1C. The van der Waals surface area contributed by atoms with Crippen LogP contribution < -0.4 is 10.4 Å². The van der Waals surface area contributed by atoms with Gasteiger partial charge in [-0.2, -0.15) is 0 Å². The first kappa shape index (κ1) is 18.6. The highest BCUT2D eigenvalue weighted by atomic mass is 19.1. The summed E-state index contributed by atoms with van der Waals surface area (Å²) in [6, 6.07) is 17.6. The van der Waals surface area contributed by atoms with E-state index in [0.29, 0.717) is 5.52 Å². The zero-order valence-electron chi connectivity index (χ0n) is 15.8. The third-order valence-corrected chi connectivity index (χ3v) is 4.77. The van der Waals surface area contributed by atoms with Crippen LogP contribution in [-0.2, 0) is 0 Å². The first-order chi connectivity index (χ1) is 14.0. The standard InChI is InChI=1S/C23H17FN2O3/c1-14-11-12-16(13-15(14)2)23(28)29-26-21(17-7-3-5-9-19(17)24)25-20-10-6-4-8-18(20)22(26)27/h3-13H,1-2H3. The van der Waals surface area contributed by atoms with Crippen molar-refractivity contribution in [1.82, 2.24) is 9.71 Å². The van der Waals surface area contributed by atoms with E-state index in [2.05, 4.69) is 4.98 Å². The second-order valence-electron chi connectivity index (χ2n) is 6.71. The molecule has 0 fully saturated rings. The molecule has 144 valence electrons. The number of fused-ring (bicyclic) bond motifs is 1. The Kier molecular flexibility index (Phi) is 4.68. The van der Waals surface area contributed by atoms with Gasteiger partial charge in [0.1, 0.15) is 5.82 Å². The molecule has 0 aliphatic heterocycles. The van der Waals surface area contributed by atoms with E-state index in [-0.39, 0.29) is 22.3 Å². The zero-order valence-corrected chi connectivity index (χ0v) is 15.8. The van der Waals surface area contributed by atoms with Crippen LogP contribution >= 0.6 is 0 Å². The predicted octanol–water partition coefficient (Wildman–Crippen LogP) is 4.09. The van der Waals surface area contributed by atoms with E-state index in [4.69, 9.17) is 4.84 Å². The molecular weight excluding hydrogens is 371 g/mol. The molecule has 29 heavy (non-hydrogen) atoms. The van der Waals surface area contributed by atoms with Gasteiger partial charge in [-0.3, -0.25) is 4.79 Å². The summed E-state index contributed by atoms with van der Waals surface area (Å²) >= 11 is 0. The normalized spacial score (nSPS) is 10.9. The maximum atomic E-state index is 14.4. The third-order valence-electron chi connectivity index (χ3n) is 4.77. The Balaban J connectivity index is 1.90. The van der Waals surface area contributed by atoms with Crippen LogP contribution in [0.3, 0.4) is 0 Å². The lowest BCUT2D eigenvalue weighted by Gasteiger charge is -2.14. The minimum atomic E-state index is -0.732. The number of aromatic nitrogens is 2. The molecule has 6 heteroatoms. The predicted molar refractivity (Wildman–Crippen MR) is 108 cm³/mol. The van der Waals surface area contributed by atoms with E-state index >= 15 is 0 Å². The van der Waals surface area contributed by atoms with Gasteiger partial charge < -0.3 is 4.84 Å². The second-order valence-corrected chi connectivity index (χ2v) is 6.71. The lowest BCUT2D eigenvalue weighted by Crippen LogP contribution is -2.33. The third kappa shape index (κ3) is 3.40. The van der Waals surface area contributed by atoms with Crippen LogP contribution in [0.4, 0.5) is 4.39 Å². The average Bonchev–Trinajstić information content (AvgIpc) is 2.72. The molecule has 0 N–H and O–H groups in total. The average molecular weight is 388 g/mol. The van der Waals surface area contributed by atoms with Crippen molar-refractivity contribution in [1.29, 1.82) is 0 Å². The highest BCUT2D eigenvalue weighted by molar-refractivity contribution is 5.90. The van der Waals surface area contributed by atoms with Gasteiger partial charge in [0.15, 0.2) is 5.82 Å². The van der Waals surface area contributed by atoms with Crippen molar-refractivity contribution in [2.24, 2.45) is 0 Å². The maximum Gasteiger partial charge on any atom is 0.363 e. The number of halogens is 1. The van der Waals surface area contributed by atoms with Gasteiger partial charge in [-0.15, -0.1) is 4.73 Å².